The maximum absolute atomic E-state index is 13.0. The minimum absolute atomic E-state index is 0.0262. The van der Waals surface area contributed by atoms with E-state index in [0.29, 0.717) is 11.1 Å². The van der Waals surface area contributed by atoms with Crippen molar-refractivity contribution in [1.82, 2.24) is 24.5 Å². The van der Waals surface area contributed by atoms with Crippen molar-refractivity contribution in [2.45, 2.75) is 48.6 Å². The van der Waals surface area contributed by atoms with Gasteiger partial charge in [-0.2, -0.15) is 9.97 Å². The number of benzene rings is 2. The minimum atomic E-state index is -2.05. The normalized spacial score (nSPS) is 24.8. The summed E-state index contributed by atoms with van der Waals surface area (Å²) >= 11 is 7.15. The Kier molecular flexibility index (Phi) is 7.26. The molecule has 1 aliphatic heterocycles. The van der Waals surface area contributed by atoms with E-state index in [-0.39, 0.29) is 40.8 Å². The second-order valence-corrected chi connectivity index (χ2v) is 12.2. The summed E-state index contributed by atoms with van der Waals surface area (Å²) in [4.78, 5) is 40.8. The van der Waals surface area contributed by atoms with Gasteiger partial charge in [0.1, 0.15) is 23.8 Å². The van der Waals surface area contributed by atoms with E-state index in [1.165, 1.54) is 27.7 Å². The minimum Gasteiger partial charge on any atom is -0.481 e. The molecular formula is C30H25ClN6O8S. The number of carbonyl (C=O) groups is 2. The van der Waals surface area contributed by atoms with Crippen molar-refractivity contribution in [1.29, 1.82) is 0 Å². The number of nitrogen functional groups attached to an aromatic ring is 1. The summed E-state index contributed by atoms with van der Waals surface area (Å²) in [7, 11) is 0. The van der Waals surface area contributed by atoms with Gasteiger partial charge in [0, 0.05) is 11.8 Å². The number of aliphatic hydroxyl groups is 2. The average Bonchev–Trinajstić information content (AvgIpc) is 3.52. The third-order valence-corrected chi connectivity index (χ3v) is 9.15. The summed E-state index contributed by atoms with van der Waals surface area (Å²) < 4.78 is 13.6. The van der Waals surface area contributed by atoms with Gasteiger partial charge in [-0.15, -0.1) is 11.3 Å². The van der Waals surface area contributed by atoms with Crippen LogP contribution >= 0.6 is 22.9 Å². The maximum atomic E-state index is 13.0. The number of aliphatic carboxylic acids is 2. The number of carboxylic acid groups (broad SMARTS) is 2. The topological polar surface area (TPSA) is 216 Å². The highest BCUT2D eigenvalue weighted by Gasteiger charge is 2.79. The average molecular weight is 665 g/mol. The summed E-state index contributed by atoms with van der Waals surface area (Å²) in [5.41, 5.74) is 6.59. The van der Waals surface area contributed by atoms with Crippen LogP contribution in [0.5, 0.6) is 0 Å². The van der Waals surface area contributed by atoms with Gasteiger partial charge in [-0.05, 0) is 33.9 Å². The van der Waals surface area contributed by atoms with E-state index < -0.39 is 47.7 Å². The second kappa shape index (κ2) is 11.1. The number of rotatable bonds is 10. The number of carboxylic acids is 2. The molecule has 2 aliphatic rings. The molecule has 46 heavy (non-hydrogen) atoms. The van der Waals surface area contributed by atoms with Gasteiger partial charge in [-0.25, -0.2) is 14.8 Å². The van der Waals surface area contributed by atoms with E-state index in [0.717, 1.165) is 11.1 Å². The predicted octanol–water partition coefficient (Wildman–Crippen LogP) is 2.42. The van der Waals surface area contributed by atoms with Gasteiger partial charge in [0.15, 0.2) is 23.3 Å². The maximum Gasteiger partial charge on any atom is 0.342 e. The number of thiazole rings is 1. The van der Waals surface area contributed by atoms with Gasteiger partial charge in [0.25, 0.3) is 0 Å². The Hall–Kier alpha value is -4.51. The lowest BCUT2D eigenvalue weighted by Crippen LogP contribution is -2.46. The number of aromatic nitrogens is 5. The van der Waals surface area contributed by atoms with Crippen molar-refractivity contribution in [2.75, 3.05) is 5.73 Å². The molecule has 0 amide bonds. The molecule has 2 aromatic carbocycles. The number of nitrogens with two attached hydrogens (primary N) is 1. The molecule has 236 valence electrons. The first-order valence-corrected chi connectivity index (χ1v) is 15.3. The quantitative estimate of drug-likeness (QED) is 0.136. The molecule has 5 aromatic rings. The number of aliphatic hydroxyl groups excluding tert-OH is 1. The molecule has 0 bridgehead atoms. The number of hydrogen-bond acceptors (Lipinski definition) is 12. The molecule has 6 N–H and O–H groups in total. The molecule has 0 radical (unpaired) electrons. The SMILES string of the molecule is Nc1nc(Cl)nc2c1ncn2[C@@H]1O[C@@H]2C(O[C@](Cc3ccc(-c4ccccc4CC(=O)O)cc3)(C(=O)O)c3cscn3)[C@]2(O)[C@H]1O. The molecule has 0 spiro atoms. The highest BCUT2D eigenvalue weighted by Crippen LogP contribution is 2.57. The van der Waals surface area contributed by atoms with Crippen molar-refractivity contribution < 1.29 is 39.5 Å². The molecule has 16 heteroatoms. The number of nitrogens with zero attached hydrogens (tertiary/aromatic N) is 5. The van der Waals surface area contributed by atoms with Crippen LogP contribution in [0, 0.1) is 0 Å². The van der Waals surface area contributed by atoms with E-state index in [9.17, 15) is 30.0 Å². The summed E-state index contributed by atoms with van der Waals surface area (Å²) in [6, 6.07) is 14.2. The third-order valence-electron chi connectivity index (χ3n) is 8.40. The Morgan fingerprint density at radius 1 is 1.13 bits per heavy atom. The van der Waals surface area contributed by atoms with Crippen LogP contribution in [0.4, 0.5) is 5.82 Å². The van der Waals surface area contributed by atoms with E-state index in [4.69, 9.17) is 26.8 Å². The van der Waals surface area contributed by atoms with Crippen LogP contribution in [0.3, 0.4) is 0 Å². The van der Waals surface area contributed by atoms with Crippen LogP contribution in [0.25, 0.3) is 22.3 Å². The zero-order valence-electron chi connectivity index (χ0n) is 23.6. The van der Waals surface area contributed by atoms with E-state index in [1.807, 2.05) is 12.1 Å². The first-order chi connectivity index (χ1) is 22.0. The van der Waals surface area contributed by atoms with Crippen LogP contribution < -0.4 is 5.73 Å². The van der Waals surface area contributed by atoms with Crippen LogP contribution in [0.15, 0.2) is 65.7 Å². The summed E-state index contributed by atoms with van der Waals surface area (Å²) in [5.74, 6) is -2.28. The molecular weight excluding hydrogens is 640 g/mol. The van der Waals surface area contributed by atoms with E-state index in [1.54, 1.807) is 41.8 Å². The number of ether oxygens (including phenoxy) is 2. The van der Waals surface area contributed by atoms with Crippen LogP contribution in [-0.2, 0) is 37.5 Å². The Labute approximate surface area is 268 Å². The lowest BCUT2D eigenvalue weighted by Gasteiger charge is -2.31. The van der Waals surface area contributed by atoms with Gasteiger partial charge in [0.2, 0.25) is 10.9 Å². The van der Waals surface area contributed by atoms with E-state index >= 15 is 0 Å². The summed E-state index contributed by atoms with van der Waals surface area (Å²) in [6.45, 7) is 0. The molecule has 1 saturated carbocycles. The molecule has 6 atom stereocenters. The standard InChI is InChI=1S/C30H25ClN6O8S/c31-28-35-24(32)20-25(36-28)37(12-33-20)26-21(40)30(43)22(44-26)23(30)45-29(27(41)42,18-11-46-13-34-18)10-14-5-7-15(8-6-14)17-4-2-1-3-16(17)9-19(38)39/h1-8,11-13,21-23,26,40,43H,9-10H2,(H,38,39)(H,41,42)(H2,32,35,36)/t21-,22+,23?,26+,29-,30-/m0/s1. The molecule has 7 rings (SSSR count). The highest BCUT2D eigenvalue weighted by molar-refractivity contribution is 7.07. The first-order valence-electron chi connectivity index (χ1n) is 13.9. The largest absolute Gasteiger partial charge is 0.481 e. The zero-order valence-corrected chi connectivity index (χ0v) is 25.2. The predicted molar refractivity (Wildman–Crippen MR) is 163 cm³/mol. The van der Waals surface area contributed by atoms with Crippen molar-refractivity contribution in [3.05, 3.63) is 87.9 Å². The number of halogens is 1. The summed E-state index contributed by atoms with van der Waals surface area (Å²) in [6.07, 6.45) is -4.04. The fraction of sp³-hybridized carbons (Fsp3) is 0.267. The van der Waals surface area contributed by atoms with Crippen molar-refractivity contribution in [3.63, 3.8) is 0 Å². The van der Waals surface area contributed by atoms with Gasteiger partial charge < -0.3 is 35.6 Å². The number of hydrogen-bond donors (Lipinski definition) is 5. The van der Waals surface area contributed by atoms with Crippen molar-refractivity contribution in [2.24, 2.45) is 0 Å². The van der Waals surface area contributed by atoms with Crippen LogP contribution in [-0.4, -0.2) is 80.8 Å². The zero-order chi connectivity index (χ0) is 32.4. The second-order valence-electron chi connectivity index (χ2n) is 11.1. The third kappa shape index (κ3) is 4.79. The van der Waals surface area contributed by atoms with Crippen LogP contribution in [0.1, 0.15) is 23.0 Å². The number of imidazole rings is 1. The Morgan fingerprint density at radius 3 is 2.54 bits per heavy atom. The Balaban J connectivity index is 1.16. The fourth-order valence-corrected chi connectivity index (χ4v) is 6.82. The van der Waals surface area contributed by atoms with Crippen molar-refractivity contribution >= 4 is 51.9 Å². The highest BCUT2D eigenvalue weighted by atomic mass is 35.5. The molecule has 3 aromatic heterocycles. The van der Waals surface area contributed by atoms with Gasteiger partial charge in [-0.3, -0.25) is 9.36 Å². The lowest BCUT2D eigenvalue weighted by atomic mass is 9.89. The number of fused-ring (bicyclic) bond motifs is 2. The summed E-state index contributed by atoms with van der Waals surface area (Å²) in [5, 5.41) is 44.1. The van der Waals surface area contributed by atoms with Crippen molar-refractivity contribution in [3.8, 4) is 11.1 Å². The van der Waals surface area contributed by atoms with Gasteiger partial charge in [0.05, 0.1) is 24.0 Å². The smallest absolute Gasteiger partial charge is 0.342 e. The lowest BCUT2D eigenvalue weighted by molar-refractivity contribution is -0.186. The monoisotopic (exact) mass is 664 g/mol. The molecule has 1 aliphatic carbocycles. The van der Waals surface area contributed by atoms with Crippen LogP contribution in [0.2, 0.25) is 5.28 Å². The first kappa shape index (κ1) is 30.2. The fourth-order valence-electron chi connectivity index (χ4n) is 6.04. The molecule has 1 unspecified atom stereocenters. The molecule has 1 saturated heterocycles. The Morgan fingerprint density at radius 2 is 1.89 bits per heavy atom. The Bertz CT molecular complexity index is 1970. The van der Waals surface area contributed by atoms with Gasteiger partial charge in [-0.1, -0.05) is 48.5 Å². The molecule has 4 heterocycles. The number of anilines is 1. The molecule has 2 fully saturated rings. The molecule has 14 nitrogen and oxygen atoms in total. The van der Waals surface area contributed by atoms with E-state index in [2.05, 4.69) is 19.9 Å². The van der Waals surface area contributed by atoms with Gasteiger partial charge >= 0.3 is 11.9 Å².